The third kappa shape index (κ3) is 1.61. The lowest BCUT2D eigenvalue weighted by Gasteiger charge is -2.25. The van der Waals surface area contributed by atoms with E-state index in [1.165, 1.54) is 0 Å². The van der Waals surface area contributed by atoms with Gasteiger partial charge in [0.1, 0.15) is 12.2 Å². The van der Waals surface area contributed by atoms with E-state index in [2.05, 4.69) is 0 Å². The summed E-state index contributed by atoms with van der Waals surface area (Å²) in [5.41, 5.74) is 0.575. The Morgan fingerprint density at radius 1 is 0.947 bits per heavy atom. The Bertz CT molecular complexity index is 523. The standard InChI is InChI=1S/C13H13NO5/c15-9-5-8(10(16)11(9)17)14-12(18)6-3-1-2-4-7(6)13(14)19/h1-4,8-11,15-17H,5H2. The Labute approximate surface area is 108 Å². The molecule has 0 saturated heterocycles. The number of benzene rings is 1. The number of aliphatic hydroxyl groups is 3. The van der Waals surface area contributed by atoms with Crippen molar-refractivity contribution in [2.75, 3.05) is 0 Å². The first kappa shape index (κ1) is 12.3. The van der Waals surface area contributed by atoms with E-state index in [-0.39, 0.29) is 17.5 Å². The first-order valence-corrected chi connectivity index (χ1v) is 6.03. The average molecular weight is 263 g/mol. The molecule has 3 rings (SSSR count). The number of nitrogens with zero attached hydrogens (tertiary/aromatic N) is 1. The van der Waals surface area contributed by atoms with Crippen molar-refractivity contribution in [2.45, 2.75) is 30.8 Å². The number of aliphatic hydroxyl groups excluding tert-OH is 3. The zero-order valence-corrected chi connectivity index (χ0v) is 9.93. The first-order valence-electron chi connectivity index (χ1n) is 6.03. The third-order valence-electron chi connectivity index (χ3n) is 3.78. The normalized spacial score (nSPS) is 33.9. The van der Waals surface area contributed by atoms with Crippen LogP contribution in [0.4, 0.5) is 0 Å². The van der Waals surface area contributed by atoms with Gasteiger partial charge in [-0.3, -0.25) is 14.5 Å². The molecule has 19 heavy (non-hydrogen) atoms. The zero-order chi connectivity index (χ0) is 13.7. The van der Waals surface area contributed by atoms with Gasteiger partial charge in [0.2, 0.25) is 0 Å². The maximum absolute atomic E-state index is 12.2. The summed E-state index contributed by atoms with van der Waals surface area (Å²) < 4.78 is 0. The quantitative estimate of drug-likeness (QED) is 0.573. The van der Waals surface area contributed by atoms with Crippen LogP contribution in [0.2, 0.25) is 0 Å². The number of carbonyl (C=O) groups excluding carboxylic acids is 2. The summed E-state index contributed by atoms with van der Waals surface area (Å²) in [5.74, 6) is -0.989. The van der Waals surface area contributed by atoms with Crippen molar-refractivity contribution in [1.82, 2.24) is 4.90 Å². The molecule has 1 saturated carbocycles. The second-order valence-electron chi connectivity index (χ2n) is 4.88. The Balaban J connectivity index is 1.97. The van der Waals surface area contributed by atoms with Crippen molar-refractivity contribution in [3.63, 3.8) is 0 Å². The molecule has 6 nitrogen and oxygen atoms in total. The molecule has 4 unspecified atom stereocenters. The molecule has 0 spiro atoms. The van der Waals surface area contributed by atoms with Crippen LogP contribution in [0.3, 0.4) is 0 Å². The lowest BCUT2D eigenvalue weighted by atomic mass is 10.1. The van der Waals surface area contributed by atoms with Gasteiger partial charge in [0, 0.05) is 0 Å². The Hall–Kier alpha value is -1.76. The van der Waals surface area contributed by atoms with Gasteiger partial charge in [-0.25, -0.2) is 0 Å². The van der Waals surface area contributed by atoms with Crippen molar-refractivity contribution in [2.24, 2.45) is 0 Å². The molecule has 1 aliphatic heterocycles. The summed E-state index contributed by atoms with van der Waals surface area (Å²) in [6.45, 7) is 0. The Morgan fingerprint density at radius 2 is 1.47 bits per heavy atom. The summed E-state index contributed by atoms with van der Waals surface area (Å²) in [5, 5.41) is 28.9. The smallest absolute Gasteiger partial charge is 0.261 e. The molecule has 4 atom stereocenters. The Morgan fingerprint density at radius 3 is 1.89 bits per heavy atom. The van der Waals surface area contributed by atoms with Gasteiger partial charge in [-0.2, -0.15) is 0 Å². The van der Waals surface area contributed by atoms with Crippen LogP contribution in [-0.4, -0.2) is 56.4 Å². The van der Waals surface area contributed by atoms with Gasteiger partial charge in [-0.1, -0.05) is 12.1 Å². The molecule has 1 aromatic carbocycles. The second kappa shape index (κ2) is 4.12. The number of hydrogen-bond donors (Lipinski definition) is 3. The molecule has 2 aliphatic rings. The number of fused-ring (bicyclic) bond motifs is 1. The molecule has 6 heteroatoms. The average Bonchev–Trinajstić information content (AvgIpc) is 2.80. The maximum Gasteiger partial charge on any atom is 0.261 e. The summed E-state index contributed by atoms with van der Waals surface area (Å²) in [7, 11) is 0. The number of imide groups is 1. The molecule has 0 aromatic heterocycles. The number of rotatable bonds is 1. The monoisotopic (exact) mass is 263 g/mol. The highest BCUT2D eigenvalue weighted by Gasteiger charge is 2.50. The molecule has 1 aliphatic carbocycles. The fourth-order valence-corrected chi connectivity index (χ4v) is 2.75. The van der Waals surface area contributed by atoms with Gasteiger partial charge >= 0.3 is 0 Å². The summed E-state index contributed by atoms with van der Waals surface area (Å²) in [4.78, 5) is 25.3. The van der Waals surface area contributed by atoms with Crippen LogP contribution < -0.4 is 0 Å². The molecule has 0 radical (unpaired) electrons. The predicted molar refractivity (Wildman–Crippen MR) is 63.4 cm³/mol. The van der Waals surface area contributed by atoms with Crippen molar-refractivity contribution in [3.05, 3.63) is 35.4 Å². The van der Waals surface area contributed by atoms with Crippen molar-refractivity contribution >= 4 is 11.8 Å². The zero-order valence-electron chi connectivity index (χ0n) is 9.93. The largest absolute Gasteiger partial charge is 0.390 e. The van der Waals surface area contributed by atoms with E-state index in [0.29, 0.717) is 0 Å². The van der Waals surface area contributed by atoms with E-state index in [1.54, 1.807) is 24.3 Å². The van der Waals surface area contributed by atoms with Gasteiger partial charge in [0.25, 0.3) is 11.8 Å². The minimum absolute atomic E-state index is 0.0200. The van der Waals surface area contributed by atoms with E-state index in [9.17, 15) is 24.9 Å². The van der Waals surface area contributed by atoms with Crippen LogP contribution >= 0.6 is 0 Å². The van der Waals surface area contributed by atoms with Gasteiger partial charge in [0.15, 0.2) is 0 Å². The van der Waals surface area contributed by atoms with Crippen molar-refractivity contribution in [1.29, 1.82) is 0 Å². The van der Waals surface area contributed by atoms with Crippen LogP contribution in [0.15, 0.2) is 24.3 Å². The highest BCUT2D eigenvalue weighted by molar-refractivity contribution is 6.21. The molecule has 2 amide bonds. The van der Waals surface area contributed by atoms with Crippen LogP contribution in [0.25, 0.3) is 0 Å². The van der Waals surface area contributed by atoms with Crippen molar-refractivity contribution in [3.8, 4) is 0 Å². The lowest BCUT2D eigenvalue weighted by Crippen LogP contribution is -2.46. The molecule has 1 fully saturated rings. The Kier molecular flexibility index (Phi) is 2.67. The molecular formula is C13H13NO5. The first-order chi connectivity index (χ1) is 9.02. The fraction of sp³-hybridized carbons (Fsp3) is 0.385. The van der Waals surface area contributed by atoms with Crippen LogP contribution in [0.5, 0.6) is 0 Å². The number of amides is 2. The molecule has 3 N–H and O–H groups in total. The predicted octanol–water partition coefficient (Wildman–Crippen LogP) is -0.862. The topological polar surface area (TPSA) is 98.1 Å². The van der Waals surface area contributed by atoms with E-state index >= 15 is 0 Å². The van der Waals surface area contributed by atoms with E-state index in [1.807, 2.05) is 0 Å². The van der Waals surface area contributed by atoms with Gasteiger partial charge in [-0.05, 0) is 18.6 Å². The molecule has 100 valence electrons. The third-order valence-corrected chi connectivity index (χ3v) is 3.78. The van der Waals surface area contributed by atoms with E-state index in [0.717, 1.165) is 4.90 Å². The second-order valence-corrected chi connectivity index (χ2v) is 4.88. The van der Waals surface area contributed by atoms with E-state index in [4.69, 9.17) is 0 Å². The van der Waals surface area contributed by atoms with Crippen molar-refractivity contribution < 1.29 is 24.9 Å². The number of hydrogen-bond acceptors (Lipinski definition) is 5. The lowest BCUT2D eigenvalue weighted by molar-refractivity contribution is -0.0287. The molecular weight excluding hydrogens is 250 g/mol. The van der Waals surface area contributed by atoms with Crippen LogP contribution in [0.1, 0.15) is 27.1 Å². The van der Waals surface area contributed by atoms with Gasteiger partial charge in [-0.15, -0.1) is 0 Å². The minimum atomic E-state index is -1.34. The van der Waals surface area contributed by atoms with Crippen LogP contribution in [-0.2, 0) is 0 Å². The minimum Gasteiger partial charge on any atom is -0.390 e. The van der Waals surface area contributed by atoms with Gasteiger partial charge in [0.05, 0.1) is 23.3 Å². The molecule has 1 heterocycles. The molecule has 1 aromatic rings. The highest BCUT2D eigenvalue weighted by Crippen LogP contribution is 2.32. The van der Waals surface area contributed by atoms with Gasteiger partial charge < -0.3 is 15.3 Å². The van der Waals surface area contributed by atoms with E-state index < -0.39 is 36.2 Å². The highest BCUT2D eigenvalue weighted by atomic mass is 16.4. The molecule has 0 bridgehead atoms. The maximum atomic E-state index is 12.2. The summed E-state index contributed by atoms with van der Waals surface area (Å²) in [6, 6.07) is 5.51. The summed E-state index contributed by atoms with van der Waals surface area (Å²) >= 11 is 0. The number of carbonyl (C=O) groups is 2. The fourth-order valence-electron chi connectivity index (χ4n) is 2.75. The van der Waals surface area contributed by atoms with Crippen LogP contribution in [0, 0.1) is 0 Å². The SMILES string of the molecule is O=C1c2ccccc2C(=O)N1C1CC(O)C(O)C1O. The summed E-state index contributed by atoms with van der Waals surface area (Å²) in [6.07, 6.45) is -3.82.